The zero-order valence-electron chi connectivity index (χ0n) is 11.7. The van der Waals surface area contributed by atoms with E-state index < -0.39 is 0 Å². The zero-order chi connectivity index (χ0) is 14.8. The fourth-order valence-electron chi connectivity index (χ4n) is 1.73. The third kappa shape index (κ3) is 3.44. The molecule has 106 valence electrons. The van der Waals surface area contributed by atoms with E-state index in [1.54, 1.807) is 17.8 Å². The quantitative estimate of drug-likeness (QED) is 0.874. The van der Waals surface area contributed by atoms with Crippen molar-refractivity contribution in [2.75, 3.05) is 12.8 Å². The van der Waals surface area contributed by atoms with Gasteiger partial charge in [-0.15, -0.1) is 0 Å². The number of amides is 1. The van der Waals surface area contributed by atoms with E-state index in [1.807, 2.05) is 30.5 Å². The number of pyridine rings is 1. The van der Waals surface area contributed by atoms with E-state index in [4.69, 9.17) is 11.6 Å². The molecule has 0 aliphatic heterocycles. The van der Waals surface area contributed by atoms with Gasteiger partial charge in [0.15, 0.2) is 0 Å². The molecule has 1 amide bonds. The minimum Gasteiger partial charge on any atom is -0.349 e. The lowest BCUT2D eigenvalue weighted by atomic mass is 10.1. The molecule has 1 N–H and O–H groups in total. The van der Waals surface area contributed by atoms with Crippen LogP contribution in [0.2, 0.25) is 5.15 Å². The van der Waals surface area contributed by atoms with Crippen molar-refractivity contribution in [3.63, 3.8) is 0 Å². The van der Waals surface area contributed by atoms with Gasteiger partial charge < -0.3 is 5.32 Å². The average molecular weight is 309 g/mol. The first kappa shape index (κ1) is 15.1. The molecule has 2 aromatic rings. The van der Waals surface area contributed by atoms with E-state index >= 15 is 0 Å². The van der Waals surface area contributed by atoms with Gasteiger partial charge in [-0.1, -0.05) is 35.9 Å². The molecule has 0 saturated heterocycles. The number of benzene rings is 1. The smallest absolute Gasteiger partial charge is 0.270 e. The highest BCUT2D eigenvalue weighted by molar-refractivity contribution is 7.99. The molecular formula is C15H17ClN2OS. The van der Waals surface area contributed by atoms with E-state index in [2.05, 4.69) is 24.1 Å². The van der Waals surface area contributed by atoms with Crippen molar-refractivity contribution in [3.8, 4) is 0 Å². The molecule has 3 nitrogen and oxygen atoms in total. The average Bonchev–Trinajstić information content (AvgIpc) is 2.45. The molecule has 0 atom stereocenters. The number of nitrogens with one attached hydrogen (secondary N) is 1. The van der Waals surface area contributed by atoms with Gasteiger partial charge >= 0.3 is 0 Å². The number of halogens is 1. The number of rotatable bonds is 4. The normalized spacial score (nSPS) is 11.6. The van der Waals surface area contributed by atoms with Crippen molar-refractivity contribution < 1.29 is 4.79 Å². The van der Waals surface area contributed by atoms with E-state index in [0.717, 1.165) is 10.8 Å². The van der Waals surface area contributed by atoms with Crippen LogP contribution in [0.15, 0.2) is 30.3 Å². The van der Waals surface area contributed by atoms with Crippen LogP contribution in [-0.2, 0) is 0 Å². The van der Waals surface area contributed by atoms with Crippen molar-refractivity contribution in [3.05, 3.63) is 41.2 Å². The van der Waals surface area contributed by atoms with E-state index in [-0.39, 0.29) is 10.7 Å². The number of thioether (sulfide) groups is 1. The number of hydrogen-bond acceptors (Lipinski definition) is 3. The number of hydrogen-bond donors (Lipinski definition) is 1. The predicted octanol–water partition coefficient (Wildman–Crippen LogP) is 3.76. The van der Waals surface area contributed by atoms with Crippen molar-refractivity contribution in [1.82, 2.24) is 10.3 Å². The molecule has 1 heterocycles. The van der Waals surface area contributed by atoms with Crippen LogP contribution >= 0.6 is 23.4 Å². The number of carbonyl (C=O) groups excluding carboxylic acids is 1. The highest BCUT2D eigenvalue weighted by Gasteiger charge is 2.18. The Morgan fingerprint density at radius 3 is 2.80 bits per heavy atom. The van der Waals surface area contributed by atoms with Gasteiger partial charge in [-0.2, -0.15) is 11.8 Å². The summed E-state index contributed by atoms with van der Waals surface area (Å²) in [6.45, 7) is 4.75. The van der Waals surface area contributed by atoms with Crippen molar-refractivity contribution >= 4 is 40.0 Å². The summed E-state index contributed by atoms with van der Waals surface area (Å²) in [4.78, 5) is 16.3. The zero-order valence-corrected chi connectivity index (χ0v) is 13.3. The Morgan fingerprint density at radius 2 is 2.10 bits per heavy atom. The van der Waals surface area contributed by atoms with Crippen LogP contribution in [0.3, 0.4) is 0 Å². The van der Waals surface area contributed by atoms with Gasteiger partial charge in [0.25, 0.3) is 5.91 Å². The standard InChI is InChI=1S/C15H17ClN2OS/c1-15(2,20-3)9-17-14(19)12-8-10-6-4-5-7-11(10)13(16)18-12/h4-8H,9H2,1-3H3,(H,17,19). The Balaban J connectivity index is 2.23. The maximum atomic E-state index is 12.2. The van der Waals surface area contributed by atoms with Gasteiger partial charge in [-0.25, -0.2) is 4.98 Å². The van der Waals surface area contributed by atoms with Crippen LogP contribution in [0.25, 0.3) is 10.8 Å². The Hall–Kier alpha value is -1.26. The summed E-state index contributed by atoms with van der Waals surface area (Å²) in [6, 6.07) is 9.39. The number of carbonyl (C=O) groups is 1. The van der Waals surface area contributed by atoms with Crippen molar-refractivity contribution in [2.24, 2.45) is 0 Å². The molecule has 0 saturated carbocycles. The molecule has 0 bridgehead atoms. The lowest BCUT2D eigenvalue weighted by Crippen LogP contribution is -2.36. The first-order valence-electron chi connectivity index (χ1n) is 6.31. The molecule has 0 radical (unpaired) electrons. The van der Waals surface area contributed by atoms with Crippen LogP contribution < -0.4 is 5.32 Å². The lowest BCUT2D eigenvalue weighted by Gasteiger charge is -2.22. The second kappa shape index (κ2) is 6.02. The molecule has 0 fully saturated rings. The molecule has 0 spiro atoms. The van der Waals surface area contributed by atoms with Crippen molar-refractivity contribution in [1.29, 1.82) is 0 Å². The first-order valence-corrected chi connectivity index (χ1v) is 7.92. The summed E-state index contributed by atoms with van der Waals surface area (Å²) in [5, 5.41) is 5.03. The summed E-state index contributed by atoms with van der Waals surface area (Å²) in [6.07, 6.45) is 2.03. The summed E-state index contributed by atoms with van der Waals surface area (Å²) >= 11 is 7.84. The fraction of sp³-hybridized carbons (Fsp3) is 0.333. The van der Waals surface area contributed by atoms with Crippen LogP contribution in [0.1, 0.15) is 24.3 Å². The summed E-state index contributed by atoms with van der Waals surface area (Å²) in [5.74, 6) is -0.195. The Kier molecular flexibility index (Phi) is 4.55. The molecule has 20 heavy (non-hydrogen) atoms. The maximum Gasteiger partial charge on any atom is 0.270 e. The predicted molar refractivity (Wildman–Crippen MR) is 86.7 cm³/mol. The number of fused-ring (bicyclic) bond motifs is 1. The molecule has 1 aromatic carbocycles. The van der Waals surface area contributed by atoms with Gasteiger partial charge in [0.1, 0.15) is 10.8 Å². The molecule has 0 unspecified atom stereocenters. The Bertz CT molecular complexity index is 643. The lowest BCUT2D eigenvalue weighted by molar-refractivity contribution is 0.0946. The minimum absolute atomic E-state index is 0.00367. The Labute approximate surface area is 128 Å². The van der Waals surface area contributed by atoms with E-state index in [9.17, 15) is 4.79 Å². The van der Waals surface area contributed by atoms with Gasteiger partial charge in [0.2, 0.25) is 0 Å². The number of aromatic nitrogens is 1. The topological polar surface area (TPSA) is 42.0 Å². The van der Waals surface area contributed by atoms with Gasteiger partial charge in [0.05, 0.1) is 0 Å². The minimum atomic E-state index is -0.195. The van der Waals surface area contributed by atoms with Crippen LogP contribution in [0.4, 0.5) is 0 Å². The second-order valence-electron chi connectivity index (χ2n) is 5.17. The first-order chi connectivity index (χ1) is 9.43. The third-order valence-electron chi connectivity index (χ3n) is 3.15. The summed E-state index contributed by atoms with van der Waals surface area (Å²) in [7, 11) is 0. The highest BCUT2D eigenvalue weighted by Crippen LogP contribution is 2.23. The third-order valence-corrected chi connectivity index (χ3v) is 4.69. The molecule has 0 aliphatic carbocycles. The molecule has 2 rings (SSSR count). The van der Waals surface area contributed by atoms with Gasteiger partial charge in [0, 0.05) is 16.7 Å². The SMILES string of the molecule is CSC(C)(C)CNC(=O)c1cc2ccccc2c(Cl)n1. The number of nitrogens with zero attached hydrogens (tertiary/aromatic N) is 1. The monoisotopic (exact) mass is 308 g/mol. The largest absolute Gasteiger partial charge is 0.349 e. The Morgan fingerprint density at radius 1 is 1.40 bits per heavy atom. The van der Waals surface area contributed by atoms with Gasteiger partial charge in [-0.3, -0.25) is 4.79 Å². The fourth-order valence-corrected chi connectivity index (χ4v) is 2.21. The summed E-state index contributed by atoms with van der Waals surface area (Å²) < 4.78 is -0.00367. The van der Waals surface area contributed by atoms with E-state index in [0.29, 0.717) is 17.4 Å². The molecule has 5 heteroatoms. The summed E-state index contributed by atoms with van der Waals surface area (Å²) in [5.41, 5.74) is 0.352. The molecular weight excluding hydrogens is 292 g/mol. The molecule has 0 aliphatic rings. The van der Waals surface area contributed by atoms with Crippen LogP contribution in [-0.4, -0.2) is 28.4 Å². The highest BCUT2D eigenvalue weighted by atomic mass is 35.5. The van der Waals surface area contributed by atoms with E-state index in [1.165, 1.54) is 0 Å². The van der Waals surface area contributed by atoms with Gasteiger partial charge in [-0.05, 0) is 31.6 Å². The molecule has 1 aromatic heterocycles. The maximum absolute atomic E-state index is 12.2. The van der Waals surface area contributed by atoms with Crippen molar-refractivity contribution in [2.45, 2.75) is 18.6 Å². The second-order valence-corrected chi connectivity index (χ2v) is 7.04. The van der Waals surface area contributed by atoms with Crippen LogP contribution in [0, 0.1) is 0 Å². The van der Waals surface area contributed by atoms with Crippen LogP contribution in [0.5, 0.6) is 0 Å².